The van der Waals surface area contributed by atoms with E-state index in [4.69, 9.17) is 23.7 Å². The number of imidazole rings is 1. The quantitative estimate of drug-likeness (QED) is 0.132. The van der Waals surface area contributed by atoms with Crippen molar-refractivity contribution < 1.29 is 18.3 Å². The predicted molar refractivity (Wildman–Crippen MR) is 192 cm³/mol. The minimum Gasteiger partial charge on any atom is -0.402 e. The third-order valence-electron chi connectivity index (χ3n) is 9.06. The van der Waals surface area contributed by atoms with Gasteiger partial charge in [-0.1, -0.05) is 93.7 Å². The standard InChI is InChI=1S/C33H44N7O4PSSi/c1-33(2,3)47(24-14-9-7-10-15-24,25-16-11-8-12-17-25)44-26-20-29(43-27(26)21-42-45(41,46)38(4)5)40-23-36-30-31(34-22-35-32(30)40)37-28-18-13-19-39(28)6/h7-12,14-17,22-23,26-27,29H,13,18-21H2,1-6H3,(H,41,46)/b37-28+/t26-,27+,29+,45-/m0/s1. The van der Waals surface area contributed by atoms with E-state index in [1.54, 1.807) is 20.4 Å². The van der Waals surface area contributed by atoms with Crippen molar-refractivity contribution in [3.63, 3.8) is 0 Å². The number of aliphatic imine (C=N–C) groups is 1. The number of hydrogen-bond acceptors (Lipinski definition) is 8. The second-order valence-electron chi connectivity index (χ2n) is 13.4. The highest BCUT2D eigenvalue weighted by atomic mass is 32.7. The van der Waals surface area contributed by atoms with Gasteiger partial charge in [0.15, 0.2) is 17.0 Å². The molecule has 0 amide bonds. The Balaban J connectivity index is 1.40. The average molecular weight is 694 g/mol. The summed E-state index contributed by atoms with van der Waals surface area (Å²) in [6, 6.07) is 21.0. The van der Waals surface area contributed by atoms with Crippen molar-refractivity contribution in [2.75, 3.05) is 34.3 Å². The van der Waals surface area contributed by atoms with Crippen LogP contribution in [-0.4, -0.2) is 89.7 Å². The van der Waals surface area contributed by atoms with Crippen LogP contribution in [0, 0.1) is 0 Å². The van der Waals surface area contributed by atoms with Crippen molar-refractivity contribution in [2.45, 2.75) is 63.5 Å². The Hall–Kier alpha value is -2.90. The second-order valence-corrected chi connectivity index (χ2v) is 21.2. The molecule has 4 heterocycles. The van der Waals surface area contributed by atoms with E-state index in [9.17, 15) is 4.57 Å². The molecule has 0 bridgehead atoms. The molecule has 2 aromatic carbocycles. The maximum absolute atomic E-state index is 13.2. The van der Waals surface area contributed by atoms with Gasteiger partial charge < -0.3 is 18.6 Å². The molecule has 2 fully saturated rings. The van der Waals surface area contributed by atoms with Gasteiger partial charge in [-0.3, -0.25) is 9.13 Å². The normalized spacial score (nSPS) is 22.9. The number of nitrogens with zero attached hydrogens (tertiary/aromatic N) is 7. The van der Waals surface area contributed by atoms with Crippen molar-refractivity contribution in [2.24, 2.45) is 4.99 Å². The largest absolute Gasteiger partial charge is 0.402 e. The van der Waals surface area contributed by atoms with Crippen molar-refractivity contribution >= 4 is 60.5 Å². The van der Waals surface area contributed by atoms with Crippen LogP contribution in [0.25, 0.3) is 11.2 Å². The Morgan fingerprint density at radius 1 is 1.06 bits per heavy atom. The zero-order chi connectivity index (χ0) is 33.4. The fraction of sp³-hybridized carbons (Fsp3) is 0.455. The first-order valence-corrected chi connectivity index (χ1v) is 20.6. The van der Waals surface area contributed by atoms with Crippen molar-refractivity contribution in [1.29, 1.82) is 0 Å². The lowest BCUT2D eigenvalue weighted by molar-refractivity contribution is -0.0354. The van der Waals surface area contributed by atoms with Crippen molar-refractivity contribution in [1.82, 2.24) is 29.1 Å². The molecule has 0 radical (unpaired) electrons. The first-order chi connectivity index (χ1) is 22.4. The summed E-state index contributed by atoms with van der Waals surface area (Å²) in [7, 11) is 2.45. The van der Waals surface area contributed by atoms with Gasteiger partial charge in [0.1, 0.15) is 24.5 Å². The lowest BCUT2D eigenvalue weighted by atomic mass is 10.2. The Bertz CT molecular complexity index is 1730. The van der Waals surface area contributed by atoms with Gasteiger partial charge in [-0.15, -0.1) is 0 Å². The minimum atomic E-state index is -3.34. The number of thiol groups is 1. The topological polar surface area (TPSA) is 107 Å². The predicted octanol–water partition coefficient (Wildman–Crippen LogP) is 5.43. The molecule has 4 aromatic rings. The monoisotopic (exact) mass is 693 g/mol. The summed E-state index contributed by atoms with van der Waals surface area (Å²) in [5.41, 5.74) is 1.24. The van der Waals surface area contributed by atoms with E-state index < -0.39 is 33.5 Å². The molecule has 0 unspecified atom stereocenters. The van der Waals surface area contributed by atoms with Gasteiger partial charge in [0.05, 0.1) is 19.0 Å². The van der Waals surface area contributed by atoms with Crippen molar-refractivity contribution in [3.8, 4) is 0 Å². The summed E-state index contributed by atoms with van der Waals surface area (Å²) in [4.78, 5) is 20.8. The van der Waals surface area contributed by atoms with E-state index in [1.807, 2.05) is 23.7 Å². The minimum absolute atomic E-state index is 0.0329. The zero-order valence-electron chi connectivity index (χ0n) is 27.9. The molecule has 2 aromatic heterocycles. The summed E-state index contributed by atoms with van der Waals surface area (Å²) in [5.74, 6) is 1.53. The molecule has 0 spiro atoms. The summed E-state index contributed by atoms with van der Waals surface area (Å²) in [6.07, 6.45) is 4.30. The first-order valence-electron chi connectivity index (χ1n) is 16.0. The smallest absolute Gasteiger partial charge is 0.325 e. The van der Waals surface area contributed by atoms with E-state index in [2.05, 4.69) is 96.4 Å². The summed E-state index contributed by atoms with van der Waals surface area (Å²) in [5, 5.41) is 2.07. The maximum Gasteiger partial charge on any atom is 0.325 e. The number of amidine groups is 1. The van der Waals surface area contributed by atoms with Gasteiger partial charge in [-0.05, 0) is 35.9 Å². The summed E-state index contributed by atoms with van der Waals surface area (Å²) in [6.45, 7) is 4.40. The number of hydrogen-bond donors (Lipinski definition) is 1. The number of likely N-dealkylation sites (tertiary alicyclic amines) is 1. The molecule has 250 valence electrons. The Kier molecular flexibility index (Phi) is 9.79. The Morgan fingerprint density at radius 2 is 1.72 bits per heavy atom. The van der Waals surface area contributed by atoms with Gasteiger partial charge in [0, 0.05) is 26.4 Å². The highest BCUT2D eigenvalue weighted by Gasteiger charge is 2.54. The van der Waals surface area contributed by atoms with E-state index in [0.717, 1.165) is 35.6 Å². The number of benzene rings is 2. The van der Waals surface area contributed by atoms with Crippen LogP contribution in [-0.2, 0) is 18.3 Å². The number of fused-ring (bicyclic) bond motifs is 1. The van der Waals surface area contributed by atoms with Gasteiger partial charge in [-0.25, -0.2) is 24.6 Å². The van der Waals surface area contributed by atoms with E-state index in [1.165, 1.54) is 11.0 Å². The van der Waals surface area contributed by atoms with Gasteiger partial charge in [0.25, 0.3) is 8.32 Å². The molecule has 6 rings (SSSR count). The molecule has 11 nitrogen and oxygen atoms in total. The molecule has 2 aliphatic heterocycles. The fourth-order valence-corrected chi connectivity index (χ4v) is 12.0. The number of aromatic nitrogens is 4. The highest BCUT2D eigenvalue weighted by Crippen LogP contribution is 2.54. The molecule has 0 aliphatic carbocycles. The molecule has 0 saturated carbocycles. The van der Waals surface area contributed by atoms with E-state index in [0.29, 0.717) is 23.4 Å². The number of rotatable bonds is 10. The average Bonchev–Trinajstić information content (AvgIpc) is 3.77. The van der Waals surface area contributed by atoms with Crippen LogP contribution in [0.2, 0.25) is 5.04 Å². The highest BCUT2D eigenvalue weighted by molar-refractivity contribution is 8.45. The van der Waals surface area contributed by atoms with Gasteiger partial charge in [-0.2, -0.15) is 0 Å². The van der Waals surface area contributed by atoms with Crippen LogP contribution >= 0.6 is 19.0 Å². The Labute approximate surface area is 283 Å². The van der Waals surface area contributed by atoms with Crippen molar-refractivity contribution in [3.05, 3.63) is 73.3 Å². The molecule has 2 aliphatic rings. The zero-order valence-corrected chi connectivity index (χ0v) is 30.6. The molecule has 14 heteroatoms. The molecular formula is C33H44N7O4PSSi. The van der Waals surface area contributed by atoms with Crippen LogP contribution in [0.4, 0.5) is 5.82 Å². The summed E-state index contributed by atoms with van der Waals surface area (Å²) >= 11 is 4.35. The third-order valence-corrected chi connectivity index (χ3v) is 17.0. The van der Waals surface area contributed by atoms with Crippen LogP contribution < -0.4 is 10.4 Å². The maximum atomic E-state index is 13.2. The number of ether oxygens (including phenoxy) is 1. The van der Waals surface area contributed by atoms with E-state index >= 15 is 0 Å². The third kappa shape index (κ3) is 6.72. The van der Waals surface area contributed by atoms with E-state index in [-0.39, 0.29) is 11.6 Å². The molecule has 47 heavy (non-hydrogen) atoms. The first kappa shape index (κ1) is 34.0. The summed E-state index contributed by atoms with van der Waals surface area (Å²) < 4.78 is 36.8. The molecular weight excluding hydrogens is 650 g/mol. The Morgan fingerprint density at radius 3 is 2.30 bits per heavy atom. The molecule has 0 N–H and O–H groups in total. The van der Waals surface area contributed by atoms with Gasteiger partial charge in [0.2, 0.25) is 0 Å². The molecule has 4 atom stereocenters. The second kappa shape index (κ2) is 13.5. The lowest BCUT2D eigenvalue weighted by Crippen LogP contribution is -2.68. The van der Waals surface area contributed by atoms with Gasteiger partial charge >= 0.3 is 6.72 Å². The lowest BCUT2D eigenvalue weighted by Gasteiger charge is -2.45. The molecule has 2 saturated heterocycles. The fourth-order valence-electron chi connectivity index (χ4n) is 6.54. The SMILES string of the molecule is CN1CCC/C1=N\c1ncnc2c1ncn2[C@H]1C[C@H](O[Si](c2ccccc2)(c2ccccc2)C(C)(C)C)[C@@H](CO[P@](=O)(S)N(C)C)O1. The van der Waals surface area contributed by atoms with Crippen LogP contribution in [0.3, 0.4) is 0 Å². The van der Waals surface area contributed by atoms with Crippen LogP contribution in [0.5, 0.6) is 0 Å². The van der Waals surface area contributed by atoms with Crippen LogP contribution in [0.15, 0.2) is 78.3 Å². The van der Waals surface area contributed by atoms with Crippen LogP contribution in [0.1, 0.15) is 46.3 Å².